The van der Waals surface area contributed by atoms with Crippen molar-refractivity contribution in [3.05, 3.63) is 98.7 Å². The number of likely N-dealkylation sites (N-methyl/N-ethyl adjacent to an activating group) is 1. The highest BCUT2D eigenvalue weighted by atomic mass is 35.5. The van der Waals surface area contributed by atoms with Crippen LogP contribution in [0.3, 0.4) is 0 Å². The van der Waals surface area contributed by atoms with Crippen LogP contribution in [0.25, 0.3) is 0 Å². The van der Waals surface area contributed by atoms with E-state index in [0.29, 0.717) is 6.54 Å². The quantitative estimate of drug-likeness (QED) is 0.296. The van der Waals surface area contributed by atoms with E-state index in [4.69, 9.17) is 34.8 Å². The molecule has 3 rings (SSSR count). The van der Waals surface area contributed by atoms with E-state index in [1.54, 1.807) is 37.3 Å². The number of benzene rings is 3. The molecule has 0 fully saturated rings. The Morgan fingerprint density at radius 2 is 1.56 bits per heavy atom. The summed E-state index contributed by atoms with van der Waals surface area (Å²) in [4.78, 5) is 28.4. The fraction of sp³-hybridized carbons (Fsp3) is 0.259. The third-order valence-electron chi connectivity index (χ3n) is 5.86. The average Bonchev–Trinajstić information content (AvgIpc) is 2.88. The SMILES string of the molecule is CCNC(=O)[C@@H](Cc1ccccc1)N(Cc1ccccc1F)C(=O)CN(c1cc(Cl)c(Cl)cc1Cl)S(C)(=O)=O. The molecular formula is C27H27Cl3FN3O4S. The number of rotatable bonds is 11. The second kappa shape index (κ2) is 13.5. The summed E-state index contributed by atoms with van der Waals surface area (Å²) in [6.07, 6.45) is 1.02. The number of amides is 2. The van der Waals surface area contributed by atoms with Gasteiger partial charge in [-0.2, -0.15) is 0 Å². The van der Waals surface area contributed by atoms with Gasteiger partial charge in [0, 0.05) is 25.1 Å². The third-order valence-corrected chi connectivity index (χ3v) is 8.01. The molecule has 0 aliphatic heterocycles. The monoisotopic (exact) mass is 613 g/mol. The smallest absolute Gasteiger partial charge is 0.244 e. The van der Waals surface area contributed by atoms with E-state index in [1.807, 2.05) is 6.07 Å². The fourth-order valence-corrected chi connectivity index (χ4v) is 5.50. The number of halogens is 4. The highest BCUT2D eigenvalue weighted by molar-refractivity contribution is 7.92. The van der Waals surface area contributed by atoms with Crippen LogP contribution in [0.1, 0.15) is 18.1 Å². The van der Waals surface area contributed by atoms with E-state index in [-0.39, 0.29) is 39.3 Å². The Labute approximate surface area is 242 Å². The van der Waals surface area contributed by atoms with Crippen molar-refractivity contribution in [1.29, 1.82) is 0 Å². The first-order chi connectivity index (χ1) is 18.4. The van der Waals surface area contributed by atoms with Crippen LogP contribution in [0.4, 0.5) is 10.1 Å². The van der Waals surface area contributed by atoms with Crippen LogP contribution < -0.4 is 9.62 Å². The minimum Gasteiger partial charge on any atom is -0.355 e. The number of sulfonamides is 1. The van der Waals surface area contributed by atoms with Gasteiger partial charge in [0.2, 0.25) is 21.8 Å². The van der Waals surface area contributed by atoms with Crippen molar-refractivity contribution in [3.8, 4) is 0 Å². The molecule has 0 heterocycles. The molecule has 0 radical (unpaired) electrons. The lowest BCUT2D eigenvalue weighted by Gasteiger charge is -2.33. The lowest BCUT2D eigenvalue weighted by atomic mass is 10.0. The van der Waals surface area contributed by atoms with Crippen LogP contribution in [0, 0.1) is 5.82 Å². The maximum atomic E-state index is 14.7. The molecule has 3 aromatic carbocycles. The maximum Gasteiger partial charge on any atom is 0.244 e. The maximum absolute atomic E-state index is 14.7. The van der Waals surface area contributed by atoms with Crippen LogP contribution in [-0.2, 0) is 32.6 Å². The van der Waals surface area contributed by atoms with Gasteiger partial charge in [-0.1, -0.05) is 83.3 Å². The van der Waals surface area contributed by atoms with Crippen molar-refractivity contribution >= 4 is 62.3 Å². The summed E-state index contributed by atoms with van der Waals surface area (Å²) in [5.74, 6) is -1.79. The Morgan fingerprint density at radius 3 is 2.18 bits per heavy atom. The lowest BCUT2D eigenvalue weighted by Crippen LogP contribution is -2.53. The zero-order valence-corrected chi connectivity index (χ0v) is 24.3. The van der Waals surface area contributed by atoms with Crippen molar-refractivity contribution < 1.29 is 22.4 Å². The summed E-state index contributed by atoms with van der Waals surface area (Å²) in [6, 6.07) is 16.3. The van der Waals surface area contributed by atoms with E-state index in [0.717, 1.165) is 16.1 Å². The standard InChI is InChI=1S/C27H27Cl3FN3O4S/c1-3-32-27(36)25(13-18-9-5-4-6-10-18)33(16-19-11-7-8-12-23(19)31)26(35)17-34(39(2,37)38)24-15-21(29)20(28)14-22(24)30/h4-12,14-15,25H,3,13,16-17H2,1-2H3,(H,32,36)/t25-/m1/s1. The molecule has 1 atom stereocenters. The predicted octanol–water partition coefficient (Wildman–Crippen LogP) is 5.33. The Bertz CT molecular complexity index is 1440. The summed E-state index contributed by atoms with van der Waals surface area (Å²) in [5.41, 5.74) is 0.852. The Hall–Kier alpha value is -2.85. The van der Waals surface area contributed by atoms with E-state index in [1.165, 1.54) is 35.2 Å². The second-order valence-electron chi connectivity index (χ2n) is 8.70. The van der Waals surface area contributed by atoms with Crippen LogP contribution in [0.2, 0.25) is 15.1 Å². The highest BCUT2D eigenvalue weighted by Crippen LogP contribution is 2.35. The first kappa shape index (κ1) is 30.7. The molecule has 12 heteroatoms. The van der Waals surface area contributed by atoms with Gasteiger partial charge in [-0.3, -0.25) is 13.9 Å². The summed E-state index contributed by atoms with van der Waals surface area (Å²) in [6.45, 7) is 1.01. The molecule has 0 aromatic heterocycles. The number of hydrogen-bond donors (Lipinski definition) is 1. The van der Waals surface area contributed by atoms with Crippen LogP contribution in [0.15, 0.2) is 66.7 Å². The molecule has 3 aromatic rings. The van der Waals surface area contributed by atoms with Crippen LogP contribution >= 0.6 is 34.8 Å². The number of nitrogens with one attached hydrogen (secondary N) is 1. The Morgan fingerprint density at radius 1 is 0.949 bits per heavy atom. The summed E-state index contributed by atoms with van der Waals surface area (Å²) in [7, 11) is -4.07. The van der Waals surface area contributed by atoms with Gasteiger partial charge >= 0.3 is 0 Å². The Kier molecular flexibility index (Phi) is 10.6. The van der Waals surface area contributed by atoms with Gasteiger partial charge in [0.15, 0.2) is 0 Å². The van der Waals surface area contributed by atoms with Gasteiger partial charge in [-0.05, 0) is 30.7 Å². The molecule has 0 aliphatic carbocycles. The molecule has 0 unspecified atom stereocenters. The average molecular weight is 615 g/mol. The van der Waals surface area contributed by atoms with Crippen molar-refractivity contribution in [2.24, 2.45) is 0 Å². The second-order valence-corrected chi connectivity index (χ2v) is 11.8. The van der Waals surface area contributed by atoms with Crippen LogP contribution in [0.5, 0.6) is 0 Å². The van der Waals surface area contributed by atoms with Crippen molar-refractivity contribution in [2.75, 3.05) is 23.7 Å². The number of anilines is 1. The van der Waals surface area contributed by atoms with Crippen LogP contribution in [-0.4, -0.2) is 50.5 Å². The lowest BCUT2D eigenvalue weighted by molar-refractivity contribution is -0.140. The first-order valence-corrected chi connectivity index (χ1v) is 14.9. The van der Waals surface area contributed by atoms with E-state index in [2.05, 4.69) is 5.32 Å². The molecule has 0 saturated carbocycles. The molecule has 0 saturated heterocycles. The van der Waals surface area contributed by atoms with Gasteiger partial charge < -0.3 is 10.2 Å². The predicted molar refractivity (Wildman–Crippen MR) is 153 cm³/mol. The highest BCUT2D eigenvalue weighted by Gasteiger charge is 2.34. The van der Waals surface area contributed by atoms with E-state index in [9.17, 15) is 22.4 Å². The first-order valence-electron chi connectivity index (χ1n) is 11.9. The minimum atomic E-state index is -4.07. The fourth-order valence-electron chi connectivity index (χ4n) is 3.95. The van der Waals surface area contributed by atoms with Crippen molar-refractivity contribution in [2.45, 2.75) is 25.9 Å². The number of carbonyl (C=O) groups is 2. The summed E-state index contributed by atoms with van der Waals surface area (Å²) < 4.78 is 41.2. The normalized spacial score (nSPS) is 12.1. The number of nitrogens with zero attached hydrogens (tertiary/aromatic N) is 2. The van der Waals surface area contributed by atoms with Gasteiger partial charge in [-0.25, -0.2) is 12.8 Å². The van der Waals surface area contributed by atoms with Gasteiger partial charge in [-0.15, -0.1) is 0 Å². The molecule has 0 aliphatic rings. The van der Waals surface area contributed by atoms with E-state index >= 15 is 0 Å². The molecule has 1 N–H and O–H groups in total. The van der Waals surface area contributed by atoms with Gasteiger partial charge in [0.1, 0.15) is 18.4 Å². The number of carbonyl (C=O) groups excluding carboxylic acids is 2. The number of hydrogen-bond acceptors (Lipinski definition) is 4. The zero-order chi connectivity index (χ0) is 28.7. The van der Waals surface area contributed by atoms with Crippen molar-refractivity contribution in [1.82, 2.24) is 10.2 Å². The van der Waals surface area contributed by atoms with Gasteiger partial charge in [0.05, 0.1) is 27.0 Å². The molecule has 0 bridgehead atoms. The molecular weight excluding hydrogens is 588 g/mol. The molecule has 2 amide bonds. The third kappa shape index (κ3) is 8.08. The topological polar surface area (TPSA) is 86.8 Å². The summed E-state index contributed by atoms with van der Waals surface area (Å²) >= 11 is 18.4. The van der Waals surface area contributed by atoms with Gasteiger partial charge in [0.25, 0.3) is 0 Å². The largest absolute Gasteiger partial charge is 0.355 e. The van der Waals surface area contributed by atoms with E-state index < -0.39 is 40.2 Å². The summed E-state index contributed by atoms with van der Waals surface area (Å²) in [5, 5.41) is 2.81. The van der Waals surface area contributed by atoms with Crippen molar-refractivity contribution in [3.63, 3.8) is 0 Å². The Balaban J connectivity index is 2.09. The molecule has 0 spiro atoms. The zero-order valence-electron chi connectivity index (χ0n) is 21.2. The molecule has 208 valence electrons. The molecule has 39 heavy (non-hydrogen) atoms. The minimum absolute atomic E-state index is 0.0321. The molecule has 7 nitrogen and oxygen atoms in total.